The Morgan fingerprint density at radius 1 is 0.875 bits per heavy atom. The van der Waals surface area contributed by atoms with E-state index in [0.29, 0.717) is 28.2 Å². The molecule has 2 aromatic carbocycles. The van der Waals surface area contributed by atoms with E-state index in [4.69, 9.17) is 11.6 Å². The summed E-state index contributed by atoms with van der Waals surface area (Å²) in [6.07, 6.45) is 0. The van der Waals surface area contributed by atoms with Crippen molar-refractivity contribution in [3.63, 3.8) is 0 Å². The number of benzene rings is 2. The van der Waals surface area contributed by atoms with Gasteiger partial charge in [0.1, 0.15) is 23.3 Å². The molecule has 0 fully saturated rings. The van der Waals surface area contributed by atoms with Gasteiger partial charge in [0.15, 0.2) is 0 Å². The van der Waals surface area contributed by atoms with Gasteiger partial charge in [-0.2, -0.15) is 0 Å². The van der Waals surface area contributed by atoms with E-state index in [9.17, 15) is 4.39 Å². The average molecular weight is 343 g/mol. The predicted octanol–water partition coefficient (Wildman–Crippen LogP) is 5.37. The molecule has 0 bridgehead atoms. The van der Waals surface area contributed by atoms with Gasteiger partial charge in [0.2, 0.25) is 0 Å². The van der Waals surface area contributed by atoms with Crippen LogP contribution >= 0.6 is 11.6 Å². The number of rotatable bonds is 4. The maximum absolute atomic E-state index is 13.3. The number of nitrogens with zero attached hydrogens (tertiary/aromatic N) is 2. The molecule has 122 valence electrons. The van der Waals surface area contributed by atoms with Gasteiger partial charge >= 0.3 is 0 Å². The van der Waals surface area contributed by atoms with Gasteiger partial charge in [-0.1, -0.05) is 23.7 Å². The largest absolute Gasteiger partial charge is 0.340 e. The van der Waals surface area contributed by atoms with Crippen molar-refractivity contribution >= 4 is 34.6 Å². The Balaban J connectivity index is 1.84. The standard InChI is InChI=1S/C18H16ClFN4/c1-11-6-7-15(9-16(11)19)24-18-10-17(21-12(2)22-18)23-14-5-3-4-13(20)8-14/h3-10H,1-2H3,(H2,21,22,23,24). The van der Waals surface area contributed by atoms with Crippen molar-refractivity contribution in [3.8, 4) is 0 Å². The lowest BCUT2D eigenvalue weighted by Crippen LogP contribution is -2.01. The quantitative estimate of drug-likeness (QED) is 0.669. The zero-order chi connectivity index (χ0) is 17.1. The van der Waals surface area contributed by atoms with Crippen LogP contribution < -0.4 is 10.6 Å². The smallest absolute Gasteiger partial charge is 0.136 e. The van der Waals surface area contributed by atoms with Crippen molar-refractivity contribution in [2.24, 2.45) is 0 Å². The number of aromatic nitrogens is 2. The Morgan fingerprint density at radius 3 is 2.17 bits per heavy atom. The lowest BCUT2D eigenvalue weighted by atomic mass is 10.2. The number of hydrogen-bond acceptors (Lipinski definition) is 4. The first-order chi connectivity index (χ1) is 11.5. The zero-order valence-corrected chi connectivity index (χ0v) is 14.0. The Labute approximate surface area is 144 Å². The molecule has 0 spiro atoms. The van der Waals surface area contributed by atoms with Crippen LogP contribution in [0.25, 0.3) is 0 Å². The second-order valence-corrected chi connectivity index (χ2v) is 5.82. The third kappa shape index (κ3) is 4.00. The molecule has 0 aliphatic rings. The number of halogens is 2. The highest BCUT2D eigenvalue weighted by atomic mass is 35.5. The van der Waals surface area contributed by atoms with Gasteiger partial charge in [-0.05, 0) is 49.7 Å². The van der Waals surface area contributed by atoms with Gasteiger partial charge in [0, 0.05) is 22.5 Å². The van der Waals surface area contributed by atoms with Crippen LogP contribution in [0.15, 0.2) is 48.5 Å². The average Bonchev–Trinajstić information content (AvgIpc) is 2.50. The molecule has 0 aliphatic carbocycles. The van der Waals surface area contributed by atoms with Crippen LogP contribution in [0.4, 0.5) is 27.4 Å². The third-order valence-electron chi connectivity index (χ3n) is 3.38. The van der Waals surface area contributed by atoms with E-state index in [1.165, 1.54) is 12.1 Å². The molecule has 6 heteroatoms. The number of hydrogen-bond donors (Lipinski definition) is 2. The number of nitrogens with one attached hydrogen (secondary N) is 2. The summed E-state index contributed by atoms with van der Waals surface area (Å²) in [5.74, 6) is 1.49. The molecule has 24 heavy (non-hydrogen) atoms. The first kappa shape index (κ1) is 16.2. The highest BCUT2D eigenvalue weighted by molar-refractivity contribution is 6.31. The summed E-state index contributed by atoms with van der Waals surface area (Å²) >= 11 is 6.14. The highest BCUT2D eigenvalue weighted by Crippen LogP contribution is 2.24. The molecule has 0 unspecified atom stereocenters. The van der Waals surface area contributed by atoms with E-state index in [-0.39, 0.29) is 5.82 Å². The lowest BCUT2D eigenvalue weighted by Gasteiger charge is -2.11. The SMILES string of the molecule is Cc1nc(Nc2cccc(F)c2)cc(Nc2ccc(C)c(Cl)c2)n1. The molecule has 0 saturated carbocycles. The second-order valence-electron chi connectivity index (χ2n) is 5.41. The van der Waals surface area contributed by atoms with Crippen molar-refractivity contribution in [3.05, 3.63) is 70.8 Å². The van der Waals surface area contributed by atoms with E-state index in [0.717, 1.165) is 11.3 Å². The molecule has 0 atom stereocenters. The minimum atomic E-state index is -0.307. The normalized spacial score (nSPS) is 10.5. The van der Waals surface area contributed by atoms with Crippen LogP contribution in [0, 0.1) is 19.7 Å². The molecule has 0 radical (unpaired) electrons. The van der Waals surface area contributed by atoms with Gasteiger partial charge in [-0.15, -0.1) is 0 Å². The summed E-state index contributed by atoms with van der Waals surface area (Å²) in [6.45, 7) is 3.74. The molecule has 2 N–H and O–H groups in total. The molecular formula is C18H16ClFN4. The minimum absolute atomic E-state index is 0.307. The van der Waals surface area contributed by atoms with Crippen LogP contribution in [-0.4, -0.2) is 9.97 Å². The third-order valence-corrected chi connectivity index (χ3v) is 3.79. The van der Waals surface area contributed by atoms with Crippen molar-refractivity contribution < 1.29 is 4.39 Å². The van der Waals surface area contributed by atoms with E-state index in [1.54, 1.807) is 25.1 Å². The molecule has 3 rings (SSSR count). The van der Waals surface area contributed by atoms with Crippen LogP contribution in [0.5, 0.6) is 0 Å². The molecule has 0 aliphatic heterocycles. The molecule has 0 saturated heterocycles. The van der Waals surface area contributed by atoms with Gasteiger partial charge < -0.3 is 10.6 Å². The first-order valence-corrected chi connectivity index (χ1v) is 7.79. The lowest BCUT2D eigenvalue weighted by molar-refractivity contribution is 0.628. The molecule has 0 amide bonds. The summed E-state index contributed by atoms with van der Waals surface area (Å²) < 4.78 is 13.3. The van der Waals surface area contributed by atoms with E-state index < -0.39 is 0 Å². The summed E-state index contributed by atoms with van der Waals surface area (Å²) in [5, 5.41) is 6.96. The second kappa shape index (κ2) is 6.84. The van der Waals surface area contributed by atoms with Gasteiger partial charge in [-0.3, -0.25) is 0 Å². The summed E-state index contributed by atoms with van der Waals surface area (Å²) in [4.78, 5) is 8.68. The van der Waals surface area contributed by atoms with Gasteiger partial charge in [-0.25, -0.2) is 14.4 Å². The van der Waals surface area contributed by atoms with Gasteiger partial charge in [0.05, 0.1) is 0 Å². The highest BCUT2D eigenvalue weighted by Gasteiger charge is 2.05. The summed E-state index contributed by atoms with van der Waals surface area (Å²) in [5.41, 5.74) is 2.47. The Morgan fingerprint density at radius 2 is 1.54 bits per heavy atom. The molecule has 4 nitrogen and oxygen atoms in total. The summed E-state index contributed by atoms with van der Waals surface area (Å²) in [6, 6.07) is 13.7. The maximum Gasteiger partial charge on any atom is 0.136 e. The Hall–Kier alpha value is -2.66. The van der Waals surface area contributed by atoms with Crippen LogP contribution in [0.2, 0.25) is 5.02 Å². The van der Waals surface area contributed by atoms with Gasteiger partial charge in [0.25, 0.3) is 0 Å². The fourth-order valence-corrected chi connectivity index (χ4v) is 2.41. The molecular weight excluding hydrogens is 327 g/mol. The van der Waals surface area contributed by atoms with Crippen molar-refractivity contribution in [1.29, 1.82) is 0 Å². The monoisotopic (exact) mass is 342 g/mol. The van der Waals surface area contributed by atoms with Crippen LogP contribution in [0.1, 0.15) is 11.4 Å². The predicted molar refractivity (Wildman–Crippen MR) is 95.9 cm³/mol. The molecule has 3 aromatic rings. The fourth-order valence-electron chi connectivity index (χ4n) is 2.23. The van der Waals surface area contributed by atoms with E-state index in [2.05, 4.69) is 20.6 Å². The molecule has 1 heterocycles. The van der Waals surface area contributed by atoms with Crippen LogP contribution in [0.3, 0.4) is 0 Å². The maximum atomic E-state index is 13.3. The van der Waals surface area contributed by atoms with Crippen molar-refractivity contribution in [2.75, 3.05) is 10.6 Å². The first-order valence-electron chi connectivity index (χ1n) is 7.41. The van der Waals surface area contributed by atoms with Crippen LogP contribution in [-0.2, 0) is 0 Å². The fraction of sp³-hybridized carbons (Fsp3) is 0.111. The van der Waals surface area contributed by atoms with E-state index in [1.807, 2.05) is 25.1 Å². The summed E-state index contributed by atoms with van der Waals surface area (Å²) in [7, 11) is 0. The topological polar surface area (TPSA) is 49.8 Å². The van der Waals surface area contributed by atoms with Crippen molar-refractivity contribution in [2.45, 2.75) is 13.8 Å². The number of aryl methyl sites for hydroxylation is 2. The zero-order valence-electron chi connectivity index (χ0n) is 13.3. The number of anilines is 4. The molecule has 1 aromatic heterocycles. The van der Waals surface area contributed by atoms with Crippen molar-refractivity contribution in [1.82, 2.24) is 9.97 Å². The Kier molecular flexibility index (Phi) is 4.62. The van der Waals surface area contributed by atoms with E-state index >= 15 is 0 Å². The minimum Gasteiger partial charge on any atom is -0.340 e. The Bertz CT molecular complexity index is 883.